The van der Waals surface area contributed by atoms with Crippen molar-refractivity contribution in [3.8, 4) is 5.75 Å². The molecular formula is C12H16N4OS2. The zero-order valence-electron chi connectivity index (χ0n) is 11.1. The van der Waals surface area contributed by atoms with Crippen LogP contribution in [0.25, 0.3) is 0 Å². The van der Waals surface area contributed by atoms with Crippen LogP contribution in [0.1, 0.15) is 5.56 Å². The third-order valence-electron chi connectivity index (χ3n) is 2.68. The van der Waals surface area contributed by atoms with Crippen molar-refractivity contribution in [3.05, 3.63) is 23.8 Å². The molecule has 1 aromatic carbocycles. The van der Waals surface area contributed by atoms with Crippen LogP contribution in [0.15, 0.2) is 28.3 Å². The van der Waals surface area contributed by atoms with Crippen LogP contribution < -0.4 is 10.5 Å². The fourth-order valence-corrected chi connectivity index (χ4v) is 2.98. The fraction of sp³-hybridized carbons (Fsp3) is 0.333. The molecule has 0 aliphatic carbocycles. The summed E-state index contributed by atoms with van der Waals surface area (Å²) < 4.78 is 7.15. The Hall–Kier alpha value is -1.34. The van der Waals surface area contributed by atoms with Crippen molar-refractivity contribution in [1.29, 1.82) is 0 Å². The van der Waals surface area contributed by atoms with Crippen molar-refractivity contribution in [2.45, 2.75) is 15.8 Å². The van der Waals surface area contributed by atoms with E-state index in [9.17, 15) is 0 Å². The topological polar surface area (TPSA) is 66.0 Å². The van der Waals surface area contributed by atoms with Crippen molar-refractivity contribution >= 4 is 29.5 Å². The molecule has 0 spiro atoms. The highest BCUT2D eigenvalue weighted by molar-refractivity contribution is 7.98. The first-order valence-electron chi connectivity index (χ1n) is 5.64. The number of aromatic nitrogens is 3. The van der Waals surface area contributed by atoms with Gasteiger partial charge in [0.05, 0.1) is 7.11 Å². The van der Waals surface area contributed by atoms with Crippen LogP contribution in [0.2, 0.25) is 0 Å². The van der Waals surface area contributed by atoms with Gasteiger partial charge >= 0.3 is 0 Å². The summed E-state index contributed by atoms with van der Waals surface area (Å²) in [7, 11) is 3.55. The van der Waals surface area contributed by atoms with Gasteiger partial charge in [-0.2, -0.15) is 0 Å². The Labute approximate surface area is 120 Å². The first-order chi connectivity index (χ1) is 9.15. The summed E-state index contributed by atoms with van der Waals surface area (Å²) in [6, 6.07) is 6.23. The van der Waals surface area contributed by atoms with Crippen molar-refractivity contribution in [2.24, 2.45) is 7.05 Å². The summed E-state index contributed by atoms with van der Waals surface area (Å²) in [5, 5.41) is 8.66. The number of rotatable bonds is 5. The molecule has 19 heavy (non-hydrogen) atoms. The van der Waals surface area contributed by atoms with Gasteiger partial charge in [0.25, 0.3) is 0 Å². The van der Waals surface area contributed by atoms with Crippen molar-refractivity contribution in [1.82, 2.24) is 14.8 Å². The Kier molecular flexibility index (Phi) is 4.60. The maximum Gasteiger partial charge on any atom is 0.222 e. The molecule has 0 saturated heterocycles. The molecule has 0 aliphatic heterocycles. The lowest BCUT2D eigenvalue weighted by molar-refractivity contribution is 0.404. The van der Waals surface area contributed by atoms with Gasteiger partial charge in [-0.3, -0.25) is 4.57 Å². The molecule has 0 saturated carbocycles. The Bertz CT molecular complexity index is 571. The molecule has 1 aromatic heterocycles. The maximum absolute atomic E-state index is 5.65. The number of hydrogen-bond acceptors (Lipinski definition) is 6. The van der Waals surface area contributed by atoms with E-state index in [1.165, 1.54) is 5.56 Å². The first kappa shape index (κ1) is 14.1. The highest BCUT2D eigenvalue weighted by Gasteiger charge is 2.08. The second-order valence-electron chi connectivity index (χ2n) is 3.88. The fourth-order valence-electron chi connectivity index (χ4n) is 1.57. The third kappa shape index (κ3) is 3.16. The van der Waals surface area contributed by atoms with E-state index in [0.717, 1.165) is 21.6 Å². The van der Waals surface area contributed by atoms with Crippen molar-refractivity contribution < 1.29 is 4.74 Å². The number of benzene rings is 1. The van der Waals surface area contributed by atoms with Gasteiger partial charge in [0.1, 0.15) is 5.75 Å². The smallest absolute Gasteiger partial charge is 0.222 e. The second-order valence-corrected chi connectivity index (χ2v) is 5.67. The summed E-state index contributed by atoms with van der Waals surface area (Å²) in [5.74, 6) is 2.14. The molecule has 0 radical (unpaired) electrons. The van der Waals surface area contributed by atoms with Gasteiger partial charge < -0.3 is 10.5 Å². The quantitative estimate of drug-likeness (QED) is 0.855. The maximum atomic E-state index is 5.65. The Morgan fingerprint density at radius 1 is 1.37 bits per heavy atom. The second kappa shape index (κ2) is 6.21. The van der Waals surface area contributed by atoms with Gasteiger partial charge in [-0.15, -0.1) is 22.0 Å². The van der Waals surface area contributed by atoms with E-state index in [1.54, 1.807) is 35.2 Å². The predicted molar refractivity (Wildman–Crippen MR) is 79.8 cm³/mol. The Morgan fingerprint density at radius 3 is 2.74 bits per heavy atom. The predicted octanol–water partition coefficient (Wildman–Crippen LogP) is 2.42. The number of hydrogen-bond donors (Lipinski definition) is 1. The number of methoxy groups -OCH3 is 1. The molecule has 5 nitrogen and oxygen atoms in total. The molecule has 102 valence electrons. The number of nitrogen functional groups attached to an aromatic ring is 1. The molecule has 0 unspecified atom stereocenters. The zero-order chi connectivity index (χ0) is 13.8. The number of nitrogens with two attached hydrogens (primary N) is 1. The van der Waals surface area contributed by atoms with Crippen LogP contribution in [0.5, 0.6) is 5.75 Å². The minimum Gasteiger partial charge on any atom is -0.496 e. The van der Waals surface area contributed by atoms with Gasteiger partial charge in [0.15, 0.2) is 5.16 Å². The normalized spacial score (nSPS) is 10.7. The van der Waals surface area contributed by atoms with E-state index in [0.29, 0.717) is 5.95 Å². The van der Waals surface area contributed by atoms with E-state index in [4.69, 9.17) is 10.5 Å². The number of anilines is 1. The number of thioether (sulfide) groups is 2. The molecule has 2 N–H and O–H groups in total. The van der Waals surface area contributed by atoms with E-state index >= 15 is 0 Å². The first-order valence-corrected chi connectivity index (χ1v) is 7.85. The summed E-state index contributed by atoms with van der Waals surface area (Å²) >= 11 is 3.27. The van der Waals surface area contributed by atoms with Crippen LogP contribution in [0, 0.1) is 0 Å². The van der Waals surface area contributed by atoms with Gasteiger partial charge in [-0.05, 0) is 24.0 Å². The number of ether oxygens (including phenoxy) is 1. The lowest BCUT2D eigenvalue weighted by Gasteiger charge is -2.08. The highest BCUT2D eigenvalue weighted by atomic mass is 32.2. The molecule has 2 aromatic rings. The average molecular weight is 296 g/mol. The number of nitrogens with zero attached hydrogens (tertiary/aromatic N) is 3. The van der Waals surface area contributed by atoms with Crippen LogP contribution in [0.3, 0.4) is 0 Å². The zero-order valence-corrected chi connectivity index (χ0v) is 12.7. The van der Waals surface area contributed by atoms with Crippen LogP contribution >= 0.6 is 23.5 Å². The Balaban J connectivity index is 2.09. The van der Waals surface area contributed by atoms with Crippen LogP contribution in [-0.2, 0) is 12.8 Å². The van der Waals surface area contributed by atoms with E-state index < -0.39 is 0 Å². The molecule has 0 bridgehead atoms. The largest absolute Gasteiger partial charge is 0.496 e. The Morgan fingerprint density at radius 2 is 2.16 bits per heavy atom. The van der Waals surface area contributed by atoms with Gasteiger partial charge in [-0.25, -0.2) is 0 Å². The monoisotopic (exact) mass is 296 g/mol. The van der Waals surface area contributed by atoms with E-state index in [2.05, 4.69) is 28.4 Å². The minimum absolute atomic E-state index is 0.429. The van der Waals surface area contributed by atoms with Crippen molar-refractivity contribution in [3.63, 3.8) is 0 Å². The highest BCUT2D eigenvalue weighted by Crippen LogP contribution is 2.30. The summed E-state index contributed by atoms with van der Waals surface area (Å²) in [6.07, 6.45) is 2.04. The van der Waals surface area contributed by atoms with Gasteiger partial charge in [0, 0.05) is 17.7 Å². The third-order valence-corrected chi connectivity index (χ3v) is 4.55. The standard InChI is InChI=1S/C12H16N4OS2/c1-16-11(13)14-15-12(16)19-7-8-4-5-10(18-3)9(6-8)17-2/h4-6H,7H2,1-3H3,(H2,13,14). The summed E-state index contributed by atoms with van der Waals surface area (Å²) in [5.41, 5.74) is 6.83. The molecular weight excluding hydrogens is 280 g/mol. The molecule has 0 aliphatic rings. The molecule has 1 heterocycles. The van der Waals surface area contributed by atoms with Gasteiger partial charge in [-0.1, -0.05) is 17.8 Å². The van der Waals surface area contributed by atoms with E-state index in [-0.39, 0.29) is 0 Å². The minimum atomic E-state index is 0.429. The molecule has 0 atom stereocenters. The molecule has 7 heteroatoms. The molecule has 0 amide bonds. The van der Waals surface area contributed by atoms with Gasteiger partial charge in [0.2, 0.25) is 5.95 Å². The van der Waals surface area contributed by atoms with Crippen LogP contribution in [-0.4, -0.2) is 28.1 Å². The molecule has 0 fully saturated rings. The van der Waals surface area contributed by atoms with Crippen LogP contribution in [0.4, 0.5) is 5.95 Å². The molecule has 2 rings (SSSR count). The summed E-state index contributed by atoms with van der Waals surface area (Å²) in [6.45, 7) is 0. The SMILES string of the molecule is COc1cc(CSc2nnc(N)n2C)ccc1SC. The van der Waals surface area contributed by atoms with E-state index in [1.807, 2.05) is 13.3 Å². The lowest BCUT2D eigenvalue weighted by atomic mass is 10.2. The lowest BCUT2D eigenvalue weighted by Crippen LogP contribution is -1.98. The summed E-state index contributed by atoms with van der Waals surface area (Å²) in [4.78, 5) is 1.14. The average Bonchev–Trinajstić information content (AvgIpc) is 2.76. The van der Waals surface area contributed by atoms with Crippen molar-refractivity contribution in [2.75, 3.05) is 19.1 Å².